The van der Waals surface area contributed by atoms with E-state index in [1.807, 2.05) is 22.6 Å². The van der Waals surface area contributed by atoms with Gasteiger partial charge in [-0.05, 0) is 45.4 Å². The Morgan fingerprint density at radius 1 is 1.37 bits per heavy atom. The van der Waals surface area contributed by atoms with Crippen molar-refractivity contribution in [2.24, 2.45) is 0 Å². The molecule has 0 radical (unpaired) electrons. The van der Waals surface area contributed by atoms with Crippen LogP contribution in [0, 0.1) is 0 Å². The number of fused-ring (bicyclic) bond motifs is 1. The number of hydrogen-bond acceptors (Lipinski definition) is 3. The van der Waals surface area contributed by atoms with Crippen molar-refractivity contribution in [2.75, 3.05) is 18.8 Å². The molecule has 0 amide bonds. The Labute approximate surface area is 114 Å². The SMILES string of the molecule is CC(C)N1CCCC(c2cn3c(N)cccc3n2)C1. The summed E-state index contributed by atoms with van der Waals surface area (Å²) in [7, 11) is 0. The molecule has 0 saturated carbocycles. The molecule has 4 heteroatoms. The van der Waals surface area contributed by atoms with Gasteiger partial charge < -0.3 is 10.6 Å². The van der Waals surface area contributed by atoms with Gasteiger partial charge in [0.25, 0.3) is 0 Å². The van der Waals surface area contributed by atoms with Crippen LogP contribution >= 0.6 is 0 Å². The minimum atomic E-state index is 0.537. The summed E-state index contributed by atoms with van der Waals surface area (Å²) in [5.74, 6) is 1.29. The molecule has 1 aliphatic rings. The summed E-state index contributed by atoms with van der Waals surface area (Å²) in [4.78, 5) is 7.29. The van der Waals surface area contributed by atoms with Gasteiger partial charge >= 0.3 is 0 Å². The Morgan fingerprint density at radius 3 is 2.95 bits per heavy atom. The highest BCUT2D eigenvalue weighted by atomic mass is 15.2. The standard InChI is InChI=1S/C15H22N4/c1-11(2)18-8-4-5-12(9-18)13-10-19-14(16)6-3-7-15(19)17-13/h3,6-7,10-12H,4-5,8-9,16H2,1-2H3. The molecule has 19 heavy (non-hydrogen) atoms. The number of aromatic nitrogens is 2. The fourth-order valence-electron chi connectivity index (χ4n) is 2.96. The highest BCUT2D eigenvalue weighted by Gasteiger charge is 2.24. The lowest BCUT2D eigenvalue weighted by Gasteiger charge is -2.34. The Bertz CT molecular complexity index is 573. The van der Waals surface area contributed by atoms with Crippen LogP contribution in [-0.4, -0.2) is 33.4 Å². The third-order valence-corrected chi connectivity index (χ3v) is 4.14. The number of imidazole rings is 1. The summed E-state index contributed by atoms with van der Waals surface area (Å²) in [5.41, 5.74) is 8.13. The second kappa shape index (κ2) is 4.85. The Balaban J connectivity index is 1.89. The molecule has 2 aromatic heterocycles. The van der Waals surface area contributed by atoms with E-state index >= 15 is 0 Å². The van der Waals surface area contributed by atoms with Crippen molar-refractivity contribution < 1.29 is 0 Å². The quantitative estimate of drug-likeness (QED) is 0.900. The average Bonchev–Trinajstić information content (AvgIpc) is 2.84. The topological polar surface area (TPSA) is 46.6 Å². The zero-order valence-corrected chi connectivity index (χ0v) is 11.7. The first-order valence-corrected chi connectivity index (χ1v) is 7.12. The first-order chi connectivity index (χ1) is 9.15. The molecular weight excluding hydrogens is 236 g/mol. The van der Waals surface area contributed by atoms with Crippen molar-refractivity contribution in [3.05, 3.63) is 30.1 Å². The van der Waals surface area contributed by atoms with Crippen molar-refractivity contribution in [2.45, 2.75) is 38.6 Å². The number of anilines is 1. The maximum absolute atomic E-state index is 5.99. The molecule has 102 valence electrons. The minimum absolute atomic E-state index is 0.537. The summed E-state index contributed by atoms with van der Waals surface area (Å²) in [6.45, 7) is 6.86. The van der Waals surface area contributed by atoms with Crippen molar-refractivity contribution in [3.63, 3.8) is 0 Å². The zero-order chi connectivity index (χ0) is 13.4. The normalized spacial score (nSPS) is 21.3. The van der Waals surface area contributed by atoms with Gasteiger partial charge in [0, 0.05) is 24.7 Å². The third kappa shape index (κ3) is 2.32. The Kier molecular flexibility index (Phi) is 3.19. The molecule has 2 aromatic rings. The molecular formula is C15H22N4. The molecule has 4 nitrogen and oxygen atoms in total. The second-order valence-electron chi connectivity index (χ2n) is 5.77. The maximum atomic E-state index is 5.99. The molecule has 3 rings (SSSR count). The average molecular weight is 258 g/mol. The van der Waals surface area contributed by atoms with E-state index < -0.39 is 0 Å². The van der Waals surface area contributed by atoms with Crippen LogP contribution in [0.1, 0.15) is 38.3 Å². The second-order valence-corrected chi connectivity index (χ2v) is 5.77. The Morgan fingerprint density at radius 2 is 2.21 bits per heavy atom. The van der Waals surface area contributed by atoms with Gasteiger partial charge in [-0.1, -0.05) is 6.07 Å². The van der Waals surface area contributed by atoms with Crippen LogP contribution in [0.15, 0.2) is 24.4 Å². The van der Waals surface area contributed by atoms with E-state index in [0.29, 0.717) is 12.0 Å². The summed E-state index contributed by atoms with van der Waals surface area (Å²) < 4.78 is 1.99. The third-order valence-electron chi connectivity index (χ3n) is 4.14. The maximum Gasteiger partial charge on any atom is 0.138 e. The monoisotopic (exact) mass is 258 g/mol. The van der Waals surface area contributed by atoms with Gasteiger partial charge in [0.2, 0.25) is 0 Å². The van der Waals surface area contributed by atoms with Gasteiger partial charge in [-0.2, -0.15) is 0 Å². The summed E-state index contributed by atoms with van der Waals surface area (Å²) in [6, 6.07) is 6.51. The van der Waals surface area contributed by atoms with Gasteiger partial charge in [-0.15, -0.1) is 0 Å². The van der Waals surface area contributed by atoms with Crippen molar-refractivity contribution in [1.82, 2.24) is 14.3 Å². The van der Waals surface area contributed by atoms with Gasteiger partial charge in [0.15, 0.2) is 0 Å². The van der Waals surface area contributed by atoms with Gasteiger partial charge in [0.1, 0.15) is 11.5 Å². The number of rotatable bonds is 2. The number of pyridine rings is 1. The first-order valence-electron chi connectivity index (χ1n) is 7.12. The molecule has 1 fully saturated rings. The molecule has 0 aliphatic carbocycles. The molecule has 0 spiro atoms. The van der Waals surface area contributed by atoms with Crippen LogP contribution in [0.25, 0.3) is 5.65 Å². The van der Waals surface area contributed by atoms with Crippen LogP contribution in [0.2, 0.25) is 0 Å². The van der Waals surface area contributed by atoms with Gasteiger partial charge in [0.05, 0.1) is 5.69 Å². The van der Waals surface area contributed by atoms with E-state index in [0.717, 1.165) is 18.0 Å². The largest absolute Gasteiger partial charge is 0.385 e. The van der Waals surface area contributed by atoms with Crippen LogP contribution in [-0.2, 0) is 0 Å². The van der Waals surface area contributed by atoms with Crippen LogP contribution in [0.4, 0.5) is 5.82 Å². The van der Waals surface area contributed by atoms with Crippen molar-refractivity contribution in [1.29, 1.82) is 0 Å². The molecule has 0 aromatic carbocycles. The lowest BCUT2D eigenvalue weighted by Crippen LogP contribution is -2.39. The minimum Gasteiger partial charge on any atom is -0.385 e. The fourth-order valence-corrected chi connectivity index (χ4v) is 2.96. The smallest absolute Gasteiger partial charge is 0.138 e. The van der Waals surface area contributed by atoms with E-state index in [9.17, 15) is 0 Å². The molecule has 1 aliphatic heterocycles. The predicted molar refractivity (Wildman–Crippen MR) is 78.3 cm³/mol. The van der Waals surface area contributed by atoms with Crippen LogP contribution in [0.5, 0.6) is 0 Å². The number of likely N-dealkylation sites (tertiary alicyclic amines) is 1. The zero-order valence-electron chi connectivity index (χ0n) is 11.7. The van der Waals surface area contributed by atoms with Gasteiger partial charge in [-0.3, -0.25) is 4.40 Å². The molecule has 0 bridgehead atoms. The van der Waals surface area contributed by atoms with E-state index in [1.54, 1.807) is 0 Å². The fraction of sp³-hybridized carbons (Fsp3) is 0.533. The molecule has 3 heterocycles. The van der Waals surface area contributed by atoms with Crippen molar-refractivity contribution in [3.8, 4) is 0 Å². The number of nitrogens with two attached hydrogens (primary N) is 1. The number of piperidine rings is 1. The first kappa shape index (κ1) is 12.5. The van der Waals surface area contributed by atoms with E-state index in [4.69, 9.17) is 10.7 Å². The number of nitrogens with zero attached hydrogens (tertiary/aromatic N) is 3. The van der Waals surface area contributed by atoms with Crippen LogP contribution in [0.3, 0.4) is 0 Å². The van der Waals surface area contributed by atoms with E-state index in [-0.39, 0.29) is 0 Å². The van der Waals surface area contributed by atoms with Crippen LogP contribution < -0.4 is 5.73 Å². The molecule has 1 atom stereocenters. The predicted octanol–water partition coefficient (Wildman–Crippen LogP) is 2.50. The highest BCUT2D eigenvalue weighted by Crippen LogP contribution is 2.28. The van der Waals surface area contributed by atoms with E-state index in [2.05, 4.69) is 24.9 Å². The Hall–Kier alpha value is -1.55. The molecule has 1 saturated heterocycles. The lowest BCUT2D eigenvalue weighted by atomic mass is 9.94. The van der Waals surface area contributed by atoms with Crippen molar-refractivity contribution >= 4 is 11.5 Å². The summed E-state index contributed by atoms with van der Waals surface area (Å²) in [5, 5.41) is 0. The molecule has 1 unspecified atom stereocenters. The number of nitrogen functional groups attached to an aromatic ring is 1. The van der Waals surface area contributed by atoms with E-state index in [1.165, 1.54) is 25.1 Å². The highest BCUT2D eigenvalue weighted by molar-refractivity contribution is 5.49. The number of hydrogen-bond donors (Lipinski definition) is 1. The van der Waals surface area contributed by atoms with Gasteiger partial charge in [-0.25, -0.2) is 4.98 Å². The molecule has 2 N–H and O–H groups in total. The summed E-state index contributed by atoms with van der Waals surface area (Å²) in [6.07, 6.45) is 4.60. The lowest BCUT2D eigenvalue weighted by molar-refractivity contribution is 0.166. The summed E-state index contributed by atoms with van der Waals surface area (Å²) >= 11 is 0.